The summed E-state index contributed by atoms with van der Waals surface area (Å²) in [5.74, 6) is 1.40. The number of benzene rings is 1. The van der Waals surface area contributed by atoms with Gasteiger partial charge >= 0.3 is 0 Å². The lowest BCUT2D eigenvalue weighted by molar-refractivity contribution is 0.0383. The van der Waals surface area contributed by atoms with Crippen LogP contribution in [-0.4, -0.2) is 12.2 Å². The van der Waals surface area contributed by atoms with Crippen molar-refractivity contribution in [2.24, 2.45) is 5.92 Å². The molecular formula is C13H18O2. The van der Waals surface area contributed by atoms with Crippen LogP contribution in [0.1, 0.15) is 31.7 Å². The maximum absolute atomic E-state index is 10.6. The van der Waals surface area contributed by atoms with E-state index in [0.717, 1.165) is 30.6 Å². The minimum atomic E-state index is -0.675. The Kier molecular flexibility index (Phi) is 2.70. The molecule has 0 heterocycles. The molecule has 0 spiro atoms. The highest BCUT2D eigenvalue weighted by Gasteiger charge is 2.38. The van der Waals surface area contributed by atoms with E-state index in [-0.39, 0.29) is 0 Å². The zero-order valence-electron chi connectivity index (χ0n) is 9.36. The van der Waals surface area contributed by atoms with Crippen LogP contribution in [0.4, 0.5) is 0 Å². The first-order valence-corrected chi connectivity index (χ1v) is 5.51. The quantitative estimate of drug-likeness (QED) is 0.806. The first-order chi connectivity index (χ1) is 7.15. The second kappa shape index (κ2) is 3.86. The number of hydrogen-bond acceptors (Lipinski definition) is 2. The van der Waals surface area contributed by atoms with E-state index < -0.39 is 5.60 Å². The first-order valence-electron chi connectivity index (χ1n) is 5.51. The molecule has 2 atom stereocenters. The largest absolute Gasteiger partial charge is 0.496 e. The molecule has 0 aromatic heterocycles. The number of methoxy groups -OCH3 is 1. The maximum atomic E-state index is 10.6. The molecule has 1 saturated carbocycles. The highest BCUT2D eigenvalue weighted by atomic mass is 16.5. The van der Waals surface area contributed by atoms with Gasteiger partial charge in [-0.3, -0.25) is 0 Å². The normalized spacial score (nSPS) is 30.5. The van der Waals surface area contributed by atoms with E-state index >= 15 is 0 Å². The summed E-state index contributed by atoms with van der Waals surface area (Å²) >= 11 is 0. The van der Waals surface area contributed by atoms with Crippen molar-refractivity contribution in [3.05, 3.63) is 29.8 Å². The van der Waals surface area contributed by atoms with Crippen molar-refractivity contribution >= 4 is 0 Å². The summed E-state index contributed by atoms with van der Waals surface area (Å²) in [4.78, 5) is 0. The summed E-state index contributed by atoms with van der Waals surface area (Å²) in [6.45, 7) is 2.19. The molecule has 2 nitrogen and oxygen atoms in total. The van der Waals surface area contributed by atoms with Gasteiger partial charge in [0.1, 0.15) is 5.75 Å². The van der Waals surface area contributed by atoms with Gasteiger partial charge in [-0.15, -0.1) is 0 Å². The molecule has 0 aliphatic heterocycles. The van der Waals surface area contributed by atoms with Crippen molar-refractivity contribution in [3.63, 3.8) is 0 Å². The lowest BCUT2D eigenvalue weighted by Gasteiger charge is -2.25. The number of hydrogen-bond donors (Lipinski definition) is 1. The number of rotatable bonds is 2. The predicted molar refractivity (Wildman–Crippen MR) is 59.9 cm³/mol. The van der Waals surface area contributed by atoms with Gasteiger partial charge < -0.3 is 9.84 Å². The Morgan fingerprint density at radius 2 is 2.13 bits per heavy atom. The van der Waals surface area contributed by atoms with Gasteiger partial charge in [0.15, 0.2) is 0 Å². The van der Waals surface area contributed by atoms with Crippen molar-refractivity contribution in [1.29, 1.82) is 0 Å². The zero-order chi connectivity index (χ0) is 10.9. The van der Waals surface area contributed by atoms with Crippen LogP contribution in [-0.2, 0) is 5.60 Å². The van der Waals surface area contributed by atoms with Gasteiger partial charge in [0.2, 0.25) is 0 Å². The zero-order valence-corrected chi connectivity index (χ0v) is 9.36. The smallest absolute Gasteiger partial charge is 0.124 e. The Morgan fingerprint density at radius 3 is 2.73 bits per heavy atom. The van der Waals surface area contributed by atoms with Crippen molar-refractivity contribution in [1.82, 2.24) is 0 Å². The summed E-state index contributed by atoms with van der Waals surface area (Å²) in [5, 5.41) is 10.6. The van der Waals surface area contributed by atoms with Crippen molar-refractivity contribution in [3.8, 4) is 5.75 Å². The summed E-state index contributed by atoms with van der Waals surface area (Å²) in [6.07, 6.45) is 2.77. The molecular weight excluding hydrogens is 188 g/mol. The predicted octanol–water partition coefficient (Wildman–Crippen LogP) is 2.70. The van der Waals surface area contributed by atoms with Crippen molar-refractivity contribution in [2.45, 2.75) is 31.8 Å². The second-order valence-corrected chi connectivity index (χ2v) is 4.58. The van der Waals surface area contributed by atoms with Crippen LogP contribution in [0.3, 0.4) is 0 Å². The molecule has 1 aromatic carbocycles. The Morgan fingerprint density at radius 1 is 1.40 bits per heavy atom. The van der Waals surface area contributed by atoms with Crippen LogP contribution in [0.5, 0.6) is 5.75 Å². The van der Waals surface area contributed by atoms with Gasteiger partial charge in [0.05, 0.1) is 12.7 Å². The highest BCUT2D eigenvalue weighted by Crippen LogP contribution is 2.44. The maximum Gasteiger partial charge on any atom is 0.124 e. The fraction of sp³-hybridized carbons (Fsp3) is 0.538. The fourth-order valence-corrected chi connectivity index (χ4v) is 2.54. The van der Waals surface area contributed by atoms with Crippen LogP contribution < -0.4 is 4.74 Å². The van der Waals surface area contributed by atoms with E-state index in [1.165, 1.54) is 0 Å². The van der Waals surface area contributed by atoms with Gasteiger partial charge in [-0.2, -0.15) is 0 Å². The molecule has 2 rings (SSSR count). The molecule has 1 aliphatic carbocycles. The third kappa shape index (κ3) is 1.86. The Hall–Kier alpha value is -1.02. The second-order valence-electron chi connectivity index (χ2n) is 4.58. The summed E-state index contributed by atoms with van der Waals surface area (Å²) < 4.78 is 5.30. The van der Waals surface area contributed by atoms with Crippen LogP contribution in [0.25, 0.3) is 0 Å². The minimum absolute atomic E-state index is 0.597. The molecule has 1 fully saturated rings. The Balaban J connectivity index is 2.36. The molecule has 1 aromatic rings. The molecule has 2 heteroatoms. The molecule has 1 aliphatic rings. The van der Waals surface area contributed by atoms with Crippen LogP contribution in [0.15, 0.2) is 24.3 Å². The molecule has 1 N–H and O–H groups in total. The number of aliphatic hydroxyl groups is 1. The number of para-hydroxylation sites is 1. The van der Waals surface area contributed by atoms with E-state index in [1.54, 1.807) is 7.11 Å². The first kappa shape index (κ1) is 10.5. The van der Waals surface area contributed by atoms with Gasteiger partial charge in [0, 0.05) is 5.56 Å². The average molecular weight is 206 g/mol. The van der Waals surface area contributed by atoms with Gasteiger partial charge in [0.25, 0.3) is 0 Å². The third-order valence-corrected chi connectivity index (χ3v) is 3.35. The van der Waals surface area contributed by atoms with E-state index in [1.807, 2.05) is 24.3 Å². The third-order valence-electron chi connectivity index (χ3n) is 3.35. The monoisotopic (exact) mass is 206 g/mol. The Bertz CT molecular complexity index is 348. The van der Waals surface area contributed by atoms with E-state index in [9.17, 15) is 5.11 Å². The SMILES string of the molecule is COc1ccccc1[C@@]1(O)CC[C@@H](C)C1. The Labute approximate surface area is 90.9 Å². The summed E-state index contributed by atoms with van der Waals surface area (Å²) in [7, 11) is 1.65. The fourth-order valence-electron chi connectivity index (χ4n) is 2.54. The highest BCUT2D eigenvalue weighted by molar-refractivity contribution is 5.38. The molecule has 0 amide bonds. The molecule has 0 radical (unpaired) electrons. The van der Waals surface area contributed by atoms with Crippen LogP contribution in [0, 0.1) is 5.92 Å². The van der Waals surface area contributed by atoms with Crippen LogP contribution in [0.2, 0.25) is 0 Å². The van der Waals surface area contributed by atoms with Crippen molar-refractivity contribution in [2.75, 3.05) is 7.11 Å². The molecule has 82 valence electrons. The van der Waals surface area contributed by atoms with Crippen molar-refractivity contribution < 1.29 is 9.84 Å². The lowest BCUT2D eigenvalue weighted by Crippen LogP contribution is -2.22. The van der Waals surface area contributed by atoms with E-state index in [0.29, 0.717) is 5.92 Å². The molecule has 0 bridgehead atoms. The lowest BCUT2D eigenvalue weighted by atomic mass is 9.90. The number of ether oxygens (including phenoxy) is 1. The molecule has 0 saturated heterocycles. The molecule has 15 heavy (non-hydrogen) atoms. The van der Waals surface area contributed by atoms with E-state index in [2.05, 4.69) is 6.92 Å². The summed E-state index contributed by atoms with van der Waals surface area (Å²) in [5.41, 5.74) is 0.267. The standard InChI is InChI=1S/C13H18O2/c1-10-7-8-13(14,9-10)11-5-3-4-6-12(11)15-2/h3-6,10,14H,7-9H2,1-2H3/t10-,13-/m1/s1. The minimum Gasteiger partial charge on any atom is -0.496 e. The van der Waals surface area contributed by atoms with E-state index in [4.69, 9.17) is 4.74 Å². The van der Waals surface area contributed by atoms with Crippen LogP contribution >= 0.6 is 0 Å². The molecule has 0 unspecified atom stereocenters. The van der Waals surface area contributed by atoms with Gasteiger partial charge in [-0.25, -0.2) is 0 Å². The van der Waals surface area contributed by atoms with Gasteiger partial charge in [-0.1, -0.05) is 25.1 Å². The average Bonchev–Trinajstić information content (AvgIpc) is 2.60. The summed E-state index contributed by atoms with van der Waals surface area (Å²) in [6, 6.07) is 7.77. The topological polar surface area (TPSA) is 29.5 Å². The van der Waals surface area contributed by atoms with Gasteiger partial charge in [-0.05, 0) is 31.2 Å².